The topological polar surface area (TPSA) is 51.1 Å². The molecule has 0 spiro atoms. The number of hydrogen-bond acceptors (Lipinski definition) is 2. The quantitative estimate of drug-likeness (QED) is 0.173. The SMILES string of the molecule is [C-]#[N+]c1ccc2c(c1)-c1cc3c(cc1C2(C)C)c1ccccc1n3-c1ccc2oc3ccc(-n4c5ccccc5c5cc(C#N)ccc54)cc3c2c1. The van der Waals surface area contributed by atoms with Gasteiger partial charge in [0.2, 0.25) is 0 Å². The van der Waals surface area contributed by atoms with Crippen LogP contribution < -0.4 is 0 Å². The average Bonchev–Trinajstić information content (AvgIpc) is 3.88. The van der Waals surface area contributed by atoms with Crippen molar-refractivity contribution in [2.45, 2.75) is 19.3 Å². The second kappa shape index (κ2) is 10.0. The van der Waals surface area contributed by atoms with Gasteiger partial charge >= 0.3 is 0 Å². The number of furan rings is 1. The van der Waals surface area contributed by atoms with E-state index in [0.717, 1.165) is 71.7 Å². The van der Waals surface area contributed by atoms with Gasteiger partial charge in [-0.15, -0.1) is 0 Å². The molecule has 0 fully saturated rings. The summed E-state index contributed by atoms with van der Waals surface area (Å²) in [6.45, 7) is 12.3. The molecular formula is C47H28N4O. The third kappa shape index (κ3) is 3.69. The first-order valence-electron chi connectivity index (χ1n) is 17.4. The maximum Gasteiger partial charge on any atom is 0.187 e. The van der Waals surface area contributed by atoms with Gasteiger partial charge in [0.05, 0.1) is 40.3 Å². The molecule has 0 saturated heterocycles. The molecule has 7 aromatic carbocycles. The summed E-state index contributed by atoms with van der Waals surface area (Å²) in [6.07, 6.45) is 0. The molecule has 3 heterocycles. The summed E-state index contributed by atoms with van der Waals surface area (Å²) in [6, 6.07) is 49.0. The number of para-hydroxylation sites is 2. The van der Waals surface area contributed by atoms with Crippen molar-refractivity contribution in [2.75, 3.05) is 0 Å². The molecule has 0 saturated carbocycles. The highest BCUT2D eigenvalue weighted by atomic mass is 16.3. The average molecular weight is 665 g/mol. The molecule has 0 aliphatic heterocycles. The molecule has 0 amide bonds. The minimum absolute atomic E-state index is 0.177. The minimum atomic E-state index is -0.177. The fourth-order valence-electron chi connectivity index (χ4n) is 8.90. The molecule has 11 rings (SSSR count). The second-order valence-electron chi connectivity index (χ2n) is 14.4. The van der Waals surface area contributed by atoms with Crippen LogP contribution in [0.15, 0.2) is 138 Å². The first-order valence-corrected chi connectivity index (χ1v) is 17.4. The Morgan fingerprint density at radius 1 is 0.558 bits per heavy atom. The van der Waals surface area contributed by atoms with Crippen molar-refractivity contribution in [1.29, 1.82) is 5.26 Å². The molecule has 0 radical (unpaired) electrons. The second-order valence-corrected chi connectivity index (χ2v) is 14.4. The molecule has 1 aliphatic carbocycles. The Bertz CT molecular complexity index is 3300. The number of fused-ring (bicyclic) bond motifs is 12. The van der Waals surface area contributed by atoms with Crippen LogP contribution in [0.3, 0.4) is 0 Å². The molecule has 1 aliphatic rings. The van der Waals surface area contributed by atoms with Crippen LogP contribution in [-0.2, 0) is 5.41 Å². The lowest BCUT2D eigenvalue weighted by Gasteiger charge is -2.21. The van der Waals surface area contributed by atoms with Gasteiger partial charge in [-0.05, 0) is 107 Å². The monoisotopic (exact) mass is 664 g/mol. The Kier molecular flexibility index (Phi) is 5.53. The lowest BCUT2D eigenvalue weighted by Crippen LogP contribution is -2.14. The van der Waals surface area contributed by atoms with Crippen molar-refractivity contribution in [3.8, 4) is 28.6 Å². The summed E-state index contributed by atoms with van der Waals surface area (Å²) >= 11 is 0. The lowest BCUT2D eigenvalue weighted by molar-refractivity contribution is 0.661. The zero-order chi connectivity index (χ0) is 34.9. The molecular weight excluding hydrogens is 637 g/mol. The summed E-state index contributed by atoms with van der Waals surface area (Å²) < 4.78 is 11.1. The zero-order valence-electron chi connectivity index (χ0n) is 28.4. The molecule has 0 bridgehead atoms. The van der Waals surface area contributed by atoms with E-state index in [2.05, 4.69) is 137 Å². The van der Waals surface area contributed by atoms with E-state index in [1.165, 1.54) is 27.5 Å². The number of nitrogens with zero attached hydrogens (tertiary/aromatic N) is 4. The van der Waals surface area contributed by atoms with Gasteiger partial charge in [-0.1, -0.05) is 62.4 Å². The first-order chi connectivity index (χ1) is 25.4. The van der Waals surface area contributed by atoms with E-state index in [1.54, 1.807) is 0 Å². The lowest BCUT2D eigenvalue weighted by atomic mass is 9.82. The third-order valence-corrected chi connectivity index (χ3v) is 11.3. The van der Waals surface area contributed by atoms with Crippen LogP contribution in [0.5, 0.6) is 0 Å². The molecule has 10 aromatic rings. The fraction of sp³-hybridized carbons (Fsp3) is 0.0638. The fourth-order valence-corrected chi connectivity index (χ4v) is 8.90. The van der Waals surface area contributed by atoms with Gasteiger partial charge in [-0.3, -0.25) is 0 Å². The summed E-state index contributed by atoms with van der Waals surface area (Å²) in [4.78, 5) is 3.76. The van der Waals surface area contributed by atoms with E-state index in [4.69, 9.17) is 11.0 Å². The predicted octanol–water partition coefficient (Wildman–Crippen LogP) is 12.5. The molecule has 0 atom stereocenters. The smallest absolute Gasteiger partial charge is 0.187 e. The maximum atomic E-state index is 9.64. The molecule has 242 valence electrons. The number of rotatable bonds is 2. The van der Waals surface area contributed by atoms with Gasteiger partial charge in [0, 0.05) is 49.1 Å². The van der Waals surface area contributed by atoms with E-state index in [0.29, 0.717) is 11.3 Å². The van der Waals surface area contributed by atoms with Crippen LogP contribution in [0, 0.1) is 17.9 Å². The van der Waals surface area contributed by atoms with Crippen molar-refractivity contribution in [1.82, 2.24) is 9.13 Å². The van der Waals surface area contributed by atoms with Gasteiger partial charge in [0.25, 0.3) is 0 Å². The highest BCUT2D eigenvalue weighted by Gasteiger charge is 2.36. The largest absolute Gasteiger partial charge is 0.456 e. The molecule has 0 unspecified atom stereocenters. The Morgan fingerprint density at radius 3 is 1.81 bits per heavy atom. The molecule has 5 heteroatoms. The van der Waals surface area contributed by atoms with Crippen molar-refractivity contribution in [3.63, 3.8) is 0 Å². The van der Waals surface area contributed by atoms with Gasteiger partial charge < -0.3 is 13.6 Å². The van der Waals surface area contributed by atoms with E-state index in [-0.39, 0.29) is 5.41 Å². The number of aromatic nitrogens is 2. The van der Waals surface area contributed by atoms with Crippen LogP contribution in [0.4, 0.5) is 5.69 Å². The normalized spacial score (nSPS) is 13.3. The van der Waals surface area contributed by atoms with E-state index in [9.17, 15) is 5.26 Å². The molecule has 52 heavy (non-hydrogen) atoms. The Morgan fingerprint density at radius 2 is 1.15 bits per heavy atom. The summed E-state index contributed by atoms with van der Waals surface area (Å²) in [5.74, 6) is 0. The summed E-state index contributed by atoms with van der Waals surface area (Å²) in [7, 11) is 0. The molecule has 5 nitrogen and oxygen atoms in total. The first kappa shape index (κ1) is 28.7. The van der Waals surface area contributed by atoms with Crippen LogP contribution >= 0.6 is 0 Å². The number of nitriles is 1. The van der Waals surface area contributed by atoms with Crippen molar-refractivity contribution >= 4 is 71.2 Å². The van der Waals surface area contributed by atoms with Gasteiger partial charge in [-0.25, -0.2) is 4.85 Å². The molecule has 0 N–H and O–H groups in total. The predicted molar refractivity (Wildman–Crippen MR) is 211 cm³/mol. The molecule has 3 aromatic heterocycles. The number of benzene rings is 7. The van der Waals surface area contributed by atoms with Crippen molar-refractivity contribution in [3.05, 3.63) is 162 Å². The van der Waals surface area contributed by atoms with Crippen molar-refractivity contribution in [2.24, 2.45) is 0 Å². The number of hydrogen-bond donors (Lipinski definition) is 0. The minimum Gasteiger partial charge on any atom is -0.456 e. The van der Waals surface area contributed by atoms with Gasteiger partial charge in [0.1, 0.15) is 11.2 Å². The standard InChI is InChI=1S/C47H28N4O/c1-47(2)39-16-13-28(49-3)21-33(39)34-25-44-36(24-40(34)47)32-9-5-7-11-42(32)51(44)30-15-19-46-38(23-30)37-22-29(14-18-45(37)52-46)50-41-10-6-4-8-31(41)35-20-27(26-48)12-17-43(35)50/h4-25H,1-2H3. The zero-order valence-corrected chi connectivity index (χ0v) is 28.4. The highest BCUT2D eigenvalue weighted by Crippen LogP contribution is 2.52. The van der Waals surface area contributed by atoms with Crippen LogP contribution in [-0.4, -0.2) is 9.13 Å². The van der Waals surface area contributed by atoms with Gasteiger partial charge in [-0.2, -0.15) is 5.26 Å². The van der Waals surface area contributed by atoms with E-state index < -0.39 is 0 Å². The maximum absolute atomic E-state index is 9.64. The summed E-state index contributed by atoms with van der Waals surface area (Å²) in [5, 5.41) is 16.3. The van der Waals surface area contributed by atoms with Crippen LogP contribution in [0.25, 0.3) is 92.9 Å². The van der Waals surface area contributed by atoms with Crippen LogP contribution in [0.2, 0.25) is 0 Å². The highest BCUT2D eigenvalue weighted by molar-refractivity contribution is 6.13. The Hall–Kier alpha value is -7.08. The van der Waals surface area contributed by atoms with Gasteiger partial charge in [0.15, 0.2) is 5.69 Å². The van der Waals surface area contributed by atoms with E-state index in [1.807, 2.05) is 30.3 Å². The van der Waals surface area contributed by atoms with Crippen LogP contribution in [0.1, 0.15) is 30.5 Å². The Labute approximate surface area is 298 Å². The third-order valence-electron chi connectivity index (χ3n) is 11.3. The summed E-state index contributed by atoms with van der Waals surface area (Å²) in [5.41, 5.74) is 14.2. The Balaban J connectivity index is 1.15. The van der Waals surface area contributed by atoms with E-state index >= 15 is 0 Å². The van der Waals surface area contributed by atoms with Crippen molar-refractivity contribution < 1.29 is 4.42 Å².